The minimum atomic E-state index is 1.23. The number of hydrogen-bond acceptors (Lipinski definition) is 3. The van der Waals surface area contributed by atoms with E-state index in [0.717, 1.165) is 0 Å². The standard InChI is InChI=1S/C24H32S3/c1-2-3-4-5-6-7-8-9-10-11-14-20-19-23(21-15-12-17-25-21)27-24(20)22-16-13-18-26-22/h12-13,15-19H,2-11,14H2,1H3. The number of unbranched alkanes of at least 4 members (excludes halogenated alkanes) is 9. The van der Waals surface area contributed by atoms with E-state index < -0.39 is 0 Å². The highest BCUT2D eigenvalue weighted by molar-refractivity contribution is 7.26. The van der Waals surface area contributed by atoms with Gasteiger partial charge in [-0.05, 0) is 47.4 Å². The van der Waals surface area contributed by atoms with Crippen molar-refractivity contribution < 1.29 is 0 Å². The summed E-state index contributed by atoms with van der Waals surface area (Å²) in [7, 11) is 0. The molecule has 27 heavy (non-hydrogen) atoms. The summed E-state index contributed by atoms with van der Waals surface area (Å²) in [4.78, 5) is 5.79. The Balaban J connectivity index is 1.45. The van der Waals surface area contributed by atoms with E-state index in [2.05, 4.69) is 48.0 Å². The van der Waals surface area contributed by atoms with E-state index in [1.807, 2.05) is 34.0 Å². The van der Waals surface area contributed by atoms with Crippen LogP contribution in [0.15, 0.2) is 41.1 Å². The van der Waals surface area contributed by atoms with Crippen molar-refractivity contribution in [1.29, 1.82) is 0 Å². The molecular weight excluding hydrogens is 384 g/mol. The van der Waals surface area contributed by atoms with Gasteiger partial charge >= 0.3 is 0 Å². The highest BCUT2D eigenvalue weighted by atomic mass is 32.1. The van der Waals surface area contributed by atoms with Crippen LogP contribution in [-0.4, -0.2) is 0 Å². The summed E-state index contributed by atoms with van der Waals surface area (Å²) in [6, 6.07) is 11.3. The fourth-order valence-electron chi connectivity index (χ4n) is 3.57. The van der Waals surface area contributed by atoms with Crippen molar-refractivity contribution in [2.45, 2.75) is 77.6 Å². The van der Waals surface area contributed by atoms with Crippen LogP contribution < -0.4 is 0 Å². The molecule has 3 heteroatoms. The zero-order valence-corrected chi connectivity index (χ0v) is 19.0. The zero-order chi connectivity index (χ0) is 18.7. The van der Waals surface area contributed by atoms with Crippen molar-refractivity contribution in [3.63, 3.8) is 0 Å². The summed E-state index contributed by atoms with van der Waals surface area (Å²) in [6.07, 6.45) is 15.3. The number of hydrogen-bond donors (Lipinski definition) is 0. The fraction of sp³-hybridized carbons (Fsp3) is 0.500. The first-order chi connectivity index (χ1) is 13.4. The lowest BCUT2D eigenvalue weighted by Gasteiger charge is -2.03. The summed E-state index contributed by atoms with van der Waals surface area (Å²) in [5.41, 5.74) is 1.56. The third-order valence-electron chi connectivity index (χ3n) is 5.12. The lowest BCUT2D eigenvalue weighted by atomic mass is 10.0. The van der Waals surface area contributed by atoms with Crippen LogP contribution in [0.3, 0.4) is 0 Å². The van der Waals surface area contributed by atoms with Crippen molar-refractivity contribution in [3.05, 3.63) is 46.7 Å². The van der Waals surface area contributed by atoms with E-state index in [0.29, 0.717) is 0 Å². The topological polar surface area (TPSA) is 0 Å². The molecule has 0 bridgehead atoms. The van der Waals surface area contributed by atoms with Crippen molar-refractivity contribution in [3.8, 4) is 19.5 Å². The second-order valence-electron chi connectivity index (χ2n) is 7.35. The molecule has 0 aromatic carbocycles. The number of thiophene rings is 3. The molecule has 0 saturated heterocycles. The molecule has 0 saturated carbocycles. The second kappa shape index (κ2) is 11.8. The minimum absolute atomic E-state index is 1.23. The molecule has 0 aliphatic heterocycles. The van der Waals surface area contributed by atoms with E-state index in [9.17, 15) is 0 Å². The summed E-state index contributed by atoms with van der Waals surface area (Å²) in [5, 5.41) is 4.38. The molecule has 3 rings (SSSR count). The molecule has 0 N–H and O–H groups in total. The van der Waals surface area contributed by atoms with Crippen molar-refractivity contribution in [2.24, 2.45) is 0 Å². The van der Waals surface area contributed by atoms with Gasteiger partial charge in [-0.2, -0.15) is 0 Å². The first-order valence-electron chi connectivity index (χ1n) is 10.6. The minimum Gasteiger partial charge on any atom is -0.143 e. The van der Waals surface area contributed by atoms with Gasteiger partial charge in [-0.25, -0.2) is 0 Å². The molecule has 0 fully saturated rings. The summed E-state index contributed by atoms with van der Waals surface area (Å²) >= 11 is 5.70. The quantitative estimate of drug-likeness (QED) is 0.243. The zero-order valence-electron chi connectivity index (χ0n) is 16.5. The van der Waals surface area contributed by atoms with Gasteiger partial charge < -0.3 is 0 Å². The van der Waals surface area contributed by atoms with Gasteiger partial charge in [0.05, 0.1) is 0 Å². The highest BCUT2D eigenvalue weighted by Crippen LogP contribution is 2.42. The van der Waals surface area contributed by atoms with Crippen LogP contribution in [0.5, 0.6) is 0 Å². The molecule has 3 aromatic heterocycles. The smallest absolute Gasteiger partial charge is 0.0481 e. The molecule has 0 aliphatic carbocycles. The van der Waals surface area contributed by atoms with E-state index in [1.54, 1.807) is 5.56 Å². The van der Waals surface area contributed by atoms with Gasteiger partial charge in [0.1, 0.15) is 0 Å². The Morgan fingerprint density at radius 1 is 0.667 bits per heavy atom. The van der Waals surface area contributed by atoms with Crippen molar-refractivity contribution >= 4 is 34.0 Å². The molecule has 0 unspecified atom stereocenters. The van der Waals surface area contributed by atoms with Crippen LogP contribution in [0.2, 0.25) is 0 Å². The molecule has 0 atom stereocenters. The summed E-state index contributed by atoms with van der Waals surface area (Å²) < 4.78 is 0. The Bertz CT molecular complexity index is 735. The van der Waals surface area contributed by atoms with E-state index in [-0.39, 0.29) is 0 Å². The third-order valence-corrected chi connectivity index (χ3v) is 8.41. The monoisotopic (exact) mass is 416 g/mol. The van der Waals surface area contributed by atoms with E-state index >= 15 is 0 Å². The highest BCUT2D eigenvalue weighted by Gasteiger charge is 2.13. The maximum absolute atomic E-state index is 2.46. The van der Waals surface area contributed by atoms with Gasteiger partial charge in [-0.1, -0.05) is 76.8 Å². The summed E-state index contributed by atoms with van der Waals surface area (Å²) in [6.45, 7) is 2.29. The predicted octanol–water partition coefficient (Wildman–Crippen LogP) is 9.67. The van der Waals surface area contributed by atoms with Crippen LogP contribution in [0.1, 0.15) is 76.7 Å². The molecule has 0 radical (unpaired) electrons. The van der Waals surface area contributed by atoms with Crippen LogP contribution in [0.25, 0.3) is 19.5 Å². The Labute approximate surface area is 177 Å². The van der Waals surface area contributed by atoms with Gasteiger partial charge in [0, 0.05) is 19.5 Å². The van der Waals surface area contributed by atoms with E-state index in [4.69, 9.17) is 0 Å². The maximum Gasteiger partial charge on any atom is 0.0481 e. The average Bonchev–Trinajstić information content (AvgIpc) is 3.43. The molecule has 0 amide bonds. The lowest BCUT2D eigenvalue weighted by Crippen LogP contribution is -1.86. The SMILES string of the molecule is CCCCCCCCCCCCc1cc(-c2cccs2)sc1-c1cccs1. The Morgan fingerprint density at radius 3 is 1.85 bits per heavy atom. The largest absolute Gasteiger partial charge is 0.143 e. The van der Waals surface area contributed by atoms with Crippen LogP contribution >= 0.6 is 34.0 Å². The predicted molar refractivity (Wildman–Crippen MR) is 126 cm³/mol. The average molecular weight is 417 g/mol. The molecule has 0 spiro atoms. The Hall–Kier alpha value is -0.900. The molecule has 3 aromatic rings. The van der Waals surface area contributed by atoms with Crippen LogP contribution in [0.4, 0.5) is 0 Å². The van der Waals surface area contributed by atoms with Gasteiger partial charge in [0.15, 0.2) is 0 Å². The van der Waals surface area contributed by atoms with Gasteiger partial charge in [-0.3, -0.25) is 0 Å². The van der Waals surface area contributed by atoms with E-state index in [1.165, 1.54) is 90.1 Å². The Morgan fingerprint density at radius 2 is 1.26 bits per heavy atom. The first-order valence-corrected chi connectivity index (χ1v) is 13.2. The third kappa shape index (κ3) is 6.58. The van der Waals surface area contributed by atoms with Crippen molar-refractivity contribution in [2.75, 3.05) is 0 Å². The van der Waals surface area contributed by atoms with Gasteiger partial charge in [0.25, 0.3) is 0 Å². The van der Waals surface area contributed by atoms with Crippen LogP contribution in [-0.2, 0) is 6.42 Å². The molecule has 0 nitrogen and oxygen atoms in total. The second-order valence-corrected chi connectivity index (χ2v) is 10.3. The maximum atomic E-state index is 2.46. The number of aryl methyl sites for hydroxylation is 1. The Kier molecular flexibility index (Phi) is 9.13. The molecule has 0 aliphatic rings. The molecule has 146 valence electrons. The fourth-order valence-corrected chi connectivity index (χ4v) is 6.50. The summed E-state index contributed by atoms with van der Waals surface area (Å²) in [5.74, 6) is 0. The van der Waals surface area contributed by atoms with Crippen molar-refractivity contribution in [1.82, 2.24) is 0 Å². The number of rotatable bonds is 13. The lowest BCUT2D eigenvalue weighted by molar-refractivity contribution is 0.556. The normalized spacial score (nSPS) is 11.3. The van der Waals surface area contributed by atoms with Gasteiger partial charge in [0.2, 0.25) is 0 Å². The molecule has 3 heterocycles. The first kappa shape index (κ1) is 20.8. The van der Waals surface area contributed by atoms with Gasteiger partial charge in [-0.15, -0.1) is 34.0 Å². The molecular formula is C24H32S3. The van der Waals surface area contributed by atoms with Crippen LogP contribution in [0, 0.1) is 0 Å².